The van der Waals surface area contributed by atoms with Crippen LogP contribution >= 0.6 is 12.2 Å². The molecule has 23 heavy (non-hydrogen) atoms. The van der Waals surface area contributed by atoms with Crippen molar-refractivity contribution >= 4 is 18.4 Å². The van der Waals surface area contributed by atoms with Gasteiger partial charge in [0.15, 0.2) is 5.82 Å². The molecule has 2 aromatic carbocycles. The van der Waals surface area contributed by atoms with Crippen molar-refractivity contribution in [2.75, 3.05) is 7.11 Å². The molecule has 0 aliphatic carbocycles. The van der Waals surface area contributed by atoms with Gasteiger partial charge in [0, 0.05) is 11.1 Å². The molecule has 0 saturated heterocycles. The summed E-state index contributed by atoms with van der Waals surface area (Å²) in [4.78, 5) is 0. The summed E-state index contributed by atoms with van der Waals surface area (Å²) in [6, 6.07) is 13.5. The van der Waals surface area contributed by atoms with Crippen LogP contribution < -0.4 is 4.74 Å². The van der Waals surface area contributed by atoms with Gasteiger partial charge in [0.1, 0.15) is 11.6 Å². The highest BCUT2D eigenvalue weighted by atomic mass is 32.1. The number of H-pyrrole nitrogens is 1. The van der Waals surface area contributed by atoms with E-state index >= 15 is 0 Å². The molecule has 1 aromatic heterocycles. The van der Waals surface area contributed by atoms with E-state index < -0.39 is 0 Å². The van der Waals surface area contributed by atoms with E-state index in [2.05, 4.69) is 15.3 Å². The van der Waals surface area contributed by atoms with Crippen LogP contribution in [-0.2, 0) is 0 Å². The Labute approximate surface area is 137 Å². The van der Waals surface area contributed by atoms with Gasteiger partial charge >= 0.3 is 0 Å². The quantitative estimate of drug-likeness (QED) is 0.588. The molecule has 3 rings (SSSR count). The van der Waals surface area contributed by atoms with Crippen molar-refractivity contribution in [3.05, 3.63) is 64.7 Å². The van der Waals surface area contributed by atoms with Gasteiger partial charge in [0.2, 0.25) is 4.77 Å². The fraction of sp³-hybridized carbons (Fsp3) is 0.0625. The minimum atomic E-state index is -0.313. The first-order chi connectivity index (χ1) is 11.2. The van der Waals surface area contributed by atoms with E-state index in [1.165, 1.54) is 16.8 Å². The van der Waals surface area contributed by atoms with Crippen LogP contribution in [0.4, 0.5) is 4.39 Å². The summed E-state index contributed by atoms with van der Waals surface area (Å²) in [6.07, 6.45) is 1.64. The number of aromatic nitrogens is 3. The molecule has 0 aliphatic heterocycles. The fourth-order valence-corrected chi connectivity index (χ4v) is 2.26. The molecule has 0 unspecified atom stereocenters. The number of methoxy groups -OCH3 is 1. The topological polar surface area (TPSA) is 55.2 Å². The van der Waals surface area contributed by atoms with Gasteiger partial charge in [-0.15, -0.1) is 0 Å². The Morgan fingerprint density at radius 2 is 1.96 bits per heavy atom. The molecule has 116 valence electrons. The van der Waals surface area contributed by atoms with Crippen LogP contribution in [0, 0.1) is 10.6 Å². The summed E-state index contributed by atoms with van der Waals surface area (Å²) in [6.45, 7) is 0. The van der Waals surface area contributed by atoms with E-state index in [4.69, 9.17) is 17.0 Å². The minimum absolute atomic E-state index is 0.313. The number of aromatic amines is 1. The van der Waals surface area contributed by atoms with Crippen LogP contribution in [0.2, 0.25) is 0 Å². The van der Waals surface area contributed by atoms with Gasteiger partial charge in [-0.1, -0.05) is 12.1 Å². The first-order valence-corrected chi connectivity index (χ1v) is 7.20. The van der Waals surface area contributed by atoms with Crippen molar-refractivity contribution in [2.45, 2.75) is 0 Å². The van der Waals surface area contributed by atoms with E-state index in [-0.39, 0.29) is 5.82 Å². The normalized spacial score (nSPS) is 11.0. The van der Waals surface area contributed by atoms with E-state index in [1.54, 1.807) is 25.5 Å². The first kappa shape index (κ1) is 15.1. The predicted molar refractivity (Wildman–Crippen MR) is 88.8 cm³/mol. The minimum Gasteiger partial charge on any atom is -0.496 e. The average Bonchev–Trinajstić information content (AvgIpc) is 2.94. The Kier molecular flexibility index (Phi) is 4.29. The van der Waals surface area contributed by atoms with Crippen LogP contribution in [0.5, 0.6) is 5.75 Å². The number of nitrogens with one attached hydrogen (secondary N) is 1. The molecule has 0 bridgehead atoms. The number of ether oxygens (including phenoxy) is 1. The van der Waals surface area contributed by atoms with Gasteiger partial charge in [0.25, 0.3) is 0 Å². The molecule has 0 fully saturated rings. The smallest absolute Gasteiger partial charge is 0.216 e. The van der Waals surface area contributed by atoms with Gasteiger partial charge in [-0.2, -0.15) is 14.9 Å². The van der Waals surface area contributed by atoms with E-state index in [0.29, 0.717) is 21.9 Å². The fourth-order valence-electron chi connectivity index (χ4n) is 2.08. The van der Waals surface area contributed by atoms with Crippen LogP contribution in [0.1, 0.15) is 5.56 Å². The van der Waals surface area contributed by atoms with Crippen LogP contribution in [0.3, 0.4) is 0 Å². The Morgan fingerprint density at radius 3 is 2.70 bits per heavy atom. The van der Waals surface area contributed by atoms with Crippen LogP contribution in [0.15, 0.2) is 53.6 Å². The van der Waals surface area contributed by atoms with Gasteiger partial charge in [-0.25, -0.2) is 9.49 Å². The number of halogens is 1. The van der Waals surface area contributed by atoms with Crippen molar-refractivity contribution in [1.29, 1.82) is 0 Å². The molecule has 1 N–H and O–H groups in total. The molecule has 7 heteroatoms. The number of rotatable bonds is 4. The number of para-hydroxylation sites is 1. The lowest BCUT2D eigenvalue weighted by molar-refractivity contribution is 0.414. The lowest BCUT2D eigenvalue weighted by Gasteiger charge is -2.04. The predicted octanol–water partition coefficient (Wildman–Crippen LogP) is 3.64. The Bertz CT molecular complexity index is 899. The monoisotopic (exact) mass is 328 g/mol. The maximum atomic E-state index is 13.1. The third-order valence-corrected chi connectivity index (χ3v) is 3.47. The highest BCUT2D eigenvalue weighted by Gasteiger charge is 2.08. The Morgan fingerprint density at radius 1 is 1.22 bits per heavy atom. The SMILES string of the molecule is COc1ccccc1/C=N\n1c(-c2ccc(F)cc2)n[nH]c1=S. The number of benzene rings is 2. The van der Waals surface area contributed by atoms with Crippen molar-refractivity contribution in [2.24, 2.45) is 5.10 Å². The van der Waals surface area contributed by atoms with Crippen molar-refractivity contribution in [1.82, 2.24) is 14.9 Å². The molecule has 0 atom stereocenters. The van der Waals surface area contributed by atoms with Crippen molar-refractivity contribution in [3.8, 4) is 17.1 Å². The van der Waals surface area contributed by atoms with Crippen molar-refractivity contribution in [3.63, 3.8) is 0 Å². The zero-order valence-corrected chi connectivity index (χ0v) is 13.0. The Balaban J connectivity index is 2.01. The molecular weight excluding hydrogens is 315 g/mol. The molecule has 0 aliphatic rings. The van der Waals surface area contributed by atoms with Crippen LogP contribution in [-0.4, -0.2) is 28.2 Å². The second-order valence-corrected chi connectivity index (χ2v) is 5.04. The van der Waals surface area contributed by atoms with E-state index in [0.717, 1.165) is 5.56 Å². The second kappa shape index (κ2) is 6.53. The van der Waals surface area contributed by atoms with Gasteiger partial charge < -0.3 is 4.74 Å². The molecule has 5 nitrogen and oxygen atoms in total. The molecule has 0 amide bonds. The first-order valence-electron chi connectivity index (χ1n) is 6.80. The standard InChI is InChI=1S/C16H13FN4OS/c1-22-14-5-3-2-4-12(14)10-18-21-15(19-20-16(21)23)11-6-8-13(17)9-7-11/h2-10H,1H3,(H,20,23)/b18-10-. The molecule has 1 heterocycles. The molecule has 3 aromatic rings. The second-order valence-electron chi connectivity index (χ2n) is 4.66. The highest BCUT2D eigenvalue weighted by Crippen LogP contribution is 2.19. The maximum absolute atomic E-state index is 13.1. The highest BCUT2D eigenvalue weighted by molar-refractivity contribution is 7.71. The Hall–Kier alpha value is -2.80. The number of hydrogen-bond acceptors (Lipinski definition) is 4. The summed E-state index contributed by atoms with van der Waals surface area (Å²) in [5, 5.41) is 11.2. The van der Waals surface area contributed by atoms with Gasteiger partial charge in [0.05, 0.1) is 13.3 Å². The third kappa shape index (κ3) is 3.19. The average molecular weight is 328 g/mol. The molecule has 0 spiro atoms. The van der Waals surface area contributed by atoms with E-state index in [9.17, 15) is 4.39 Å². The summed E-state index contributed by atoms with van der Waals surface area (Å²) in [5.74, 6) is 0.891. The summed E-state index contributed by atoms with van der Waals surface area (Å²) >= 11 is 5.20. The molecule has 0 saturated carbocycles. The lowest BCUT2D eigenvalue weighted by Crippen LogP contribution is -1.96. The number of hydrogen-bond donors (Lipinski definition) is 1. The largest absolute Gasteiger partial charge is 0.496 e. The summed E-state index contributed by atoms with van der Waals surface area (Å²) in [7, 11) is 1.60. The van der Waals surface area contributed by atoms with E-state index in [1.807, 2.05) is 24.3 Å². The van der Waals surface area contributed by atoms with Gasteiger partial charge in [-0.05, 0) is 48.6 Å². The third-order valence-electron chi connectivity index (χ3n) is 3.20. The van der Waals surface area contributed by atoms with Crippen LogP contribution in [0.25, 0.3) is 11.4 Å². The molecular formula is C16H13FN4OS. The van der Waals surface area contributed by atoms with Gasteiger partial charge in [-0.3, -0.25) is 0 Å². The maximum Gasteiger partial charge on any atom is 0.216 e. The van der Waals surface area contributed by atoms with Crippen molar-refractivity contribution < 1.29 is 9.13 Å². The lowest BCUT2D eigenvalue weighted by atomic mass is 10.2. The molecule has 0 radical (unpaired) electrons. The summed E-state index contributed by atoms with van der Waals surface area (Å²) in [5.41, 5.74) is 1.51. The summed E-state index contributed by atoms with van der Waals surface area (Å²) < 4.78 is 20.2. The zero-order valence-electron chi connectivity index (χ0n) is 12.2. The zero-order chi connectivity index (χ0) is 16.2. The number of nitrogens with zero attached hydrogens (tertiary/aromatic N) is 3.